The zero-order valence-electron chi connectivity index (χ0n) is 18.4. The molecule has 2 fully saturated rings. The normalized spacial score (nSPS) is 19.2. The van der Waals surface area contributed by atoms with E-state index in [2.05, 4.69) is 24.8 Å². The van der Waals surface area contributed by atoms with Crippen LogP contribution in [-0.4, -0.2) is 106 Å². The van der Waals surface area contributed by atoms with E-state index >= 15 is 0 Å². The van der Waals surface area contributed by atoms with Crippen molar-refractivity contribution < 1.29 is 27.4 Å². The number of amides is 1. The molecule has 7 nitrogen and oxygen atoms in total. The molecule has 10 heteroatoms. The molecule has 0 spiro atoms. The summed E-state index contributed by atoms with van der Waals surface area (Å²) in [5.41, 5.74) is 2.00. The molecule has 32 heavy (non-hydrogen) atoms. The first-order valence-electron chi connectivity index (χ1n) is 11.2. The van der Waals surface area contributed by atoms with Crippen LogP contribution in [-0.2, 0) is 20.8 Å². The largest absolute Gasteiger partial charge is 0.411 e. The van der Waals surface area contributed by atoms with Crippen LogP contribution in [0.15, 0.2) is 24.3 Å². The zero-order valence-corrected chi connectivity index (χ0v) is 18.4. The molecule has 0 aromatic heterocycles. The highest BCUT2D eigenvalue weighted by Gasteiger charge is 2.27. The van der Waals surface area contributed by atoms with Gasteiger partial charge in [-0.1, -0.05) is 12.1 Å². The van der Waals surface area contributed by atoms with E-state index in [1.807, 2.05) is 24.3 Å². The Hall–Kier alpha value is -1.72. The van der Waals surface area contributed by atoms with E-state index < -0.39 is 12.8 Å². The molecule has 1 N–H and O–H groups in total. The molecule has 0 bridgehead atoms. The van der Waals surface area contributed by atoms with Gasteiger partial charge in [0.15, 0.2) is 0 Å². The van der Waals surface area contributed by atoms with E-state index in [1.165, 1.54) is 5.56 Å². The van der Waals surface area contributed by atoms with Gasteiger partial charge in [0, 0.05) is 64.7 Å². The van der Waals surface area contributed by atoms with E-state index in [4.69, 9.17) is 4.74 Å². The van der Waals surface area contributed by atoms with E-state index in [-0.39, 0.29) is 12.5 Å². The minimum Gasteiger partial charge on any atom is -0.379 e. The lowest BCUT2D eigenvalue weighted by Gasteiger charge is -2.34. The summed E-state index contributed by atoms with van der Waals surface area (Å²) in [6, 6.07) is 7.96. The second-order valence-electron chi connectivity index (χ2n) is 8.27. The van der Waals surface area contributed by atoms with E-state index in [0.717, 1.165) is 64.7 Å². The van der Waals surface area contributed by atoms with Gasteiger partial charge in [0.1, 0.15) is 6.61 Å². The Morgan fingerprint density at radius 2 is 1.62 bits per heavy atom. The van der Waals surface area contributed by atoms with Crippen molar-refractivity contribution in [1.29, 1.82) is 0 Å². The molecule has 0 atom stereocenters. The Morgan fingerprint density at radius 1 is 0.969 bits per heavy atom. The number of ether oxygens (including phenoxy) is 2. The standard InChI is InChI=1S/C22H33F3N4O3/c23-22(24,25)18-32-13-1-6-27-7-9-28(10-8-27)17-21(30)26-20-4-2-19(3-5-20)16-29-11-14-31-15-12-29/h2-5H,1,6-18H2,(H,26,30). The fourth-order valence-electron chi connectivity index (χ4n) is 3.86. The van der Waals surface area contributed by atoms with Gasteiger partial charge in [-0.25, -0.2) is 0 Å². The van der Waals surface area contributed by atoms with Gasteiger partial charge in [0.25, 0.3) is 0 Å². The van der Waals surface area contributed by atoms with Gasteiger partial charge in [0.2, 0.25) is 5.91 Å². The maximum Gasteiger partial charge on any atom is 0.411 e. The van der Waals surface area contributed by atoms with Gasteiger partial charge in [-0.15, -0.1) is 0 Å². The van der Waals surface area contributed by atoms with E-state index in [0.29, 0.717) is 19.5 Å². The van der Waals surface area contributed by atoms with Crippen molar-refractivity contribution in [3.8, 4) is 0 Å². The highest BCUT2D eigenvalue weighted by atomic mass is 19.4. The van der Waals surface area contributed by atoms with Crippen LogP contribution >= 0.6 is 0 Å². The monoisotopic (exact) mass is 458 g/mol. The van der Waals surface area contributed by atoms with Crippen LogP contribution in [0.4, 0.5) is 18.9 Å². The zero-order chi connectivity index (χ0) is 22.8. The molecule has 0 aliphatic carbocycles. The number of morpholine rings is 1. The van der Waals surface area contributed by atoms with Crippen molar-refractivity contribution in [2.45, 2.75) is 19.1 Å². The van der Waals surface area contributed by atoms with Gasteiger partial charge in [-0.3, -0.25) is 14.6 Å². The van der Waals surface area contributed by atoms with Crippen LogP contribution in [0.5, 0.6) is 0 Å². The molecular formula is C22H33F3N4O3. The molecule has 2 heterocycles. The SMILES string of the molecule is O=C(CN1CCN(CCCOCC(F)(F)F)CC1)Nc1ccc(CN2CCOCC2)cc1. The summed E-state index contributed by atoms with van der Waals surface area (Å²) in [7, 11) is 0. The first-order valence-corrected chi connectivity index (χ1v) is 11.2. The van der Waals surface area contributed by atoms with Crippen molar-refractivity contribution in [1.82, 2.24) is 14.7 Å². The van der Waals surface area contributed by atoms with Gasteiger partial charge in [-0.05, 0) is 24.1 Å². The van der Waals surface area contributed by atoms with Crippen molar-refractivity contribution in [2.75, 3.05) is 84.1 Å². The van der Waals surface area contributed by atoms with Crippen molar-refractivity contribution in [2.24, 2.45) is 0 Å². The summed E-state index contributed by atoms with van der Waals surface area (Å²) in [4.78, 5) is 19.0. The first kappa shape index (κ1) is 24.9. The number of halogens is 3. The molecule has 3 rings (SSSR count). The molecule has 0 unspecified atom stereocenters. The summed E-state index contributed by atoms with van der Waals surface area (Å²) in [6.07, 6.45) is -3.70. The Labute approximate surface area is 187 Å². The fourth-order valence-corrected chi connectivity index (χ4v) is 3.86. The predicted octanol–water partition coefficient (Wildman–Crippen LogP) is 2.04. The number of nitrogens with one attached hydrogen (secondary N) is 1. The summed E-state index contributed by atoms with van der Waals surface area (Å²) in [6.45, 7) is 7.38. The number of alkyl halides is 3. The third kappa shape index (κ3) is 9.41. The molecule has 180 valence electrons. The second-order valence-corrected chi connectivity index (χ2v) is 8.27. The molecule has 1 amide bonds. The molecule has 2 saturated heterocycles. The average Bonchev–Trinajstić information content (AvgIpc) is 2.76. The predicted molar refractivity (Wildman–Crippen MR) is 116 cm³/mol. The molecule has 1 aromatic rings. The lowest BCUT2D eigenvalue weighted by atomic mass is 10.2. The lowest BCUT2D eigenvalue weighted by Crippen LogP contribution is -2.48. The van der Waals surface area contributed by atoms with Gasteiger partial charge in [0.05, 0.1) is 19.8 Å². The highest BCUT2D eigenvalue weighted by Crippen LogP contribution is 2.15. The number of piperazine rings is 1. The maximum atomic E-state index is 12.4. The number of benzene rings is 1. The van der Waals surface area contributed by atoms with Gasteiger partial charge >= 0.3 is 6.18 Å². The van der Waals surface area contributed by atoms with E-state index in [1.54, 1.807) is 0 Å². The quantitative estimate of drug-likeness (QED) is 0.542. The molecular weight excluding hydrogens is 425 g/mol. The van der Waals surface area contributed by atoms with Crippen LogP contribution < -0.4 is 5.32 Å². The summed E-state index contributed by atoms with van der Waals surface area (Å²) in [5.74, 6) is -0.0417. The number of hydrogen-bond donors (Lipinski definition) is 1. The Bertz CT molecular complexity index is 689. The Morgan fingerprint density at radius 3 is 2.28 bits per heavy atom. The third-order valence-corrected chi connectivity index (χ3v) is 5.61. The minimum absolute atomic E-state index is 0.0417. The van der Waals surface area contributed by atoms with Crippen LogP contribution in [0.3, 0.4) is 0 Å². The molecule has 2 aliphatic heterocycles. The van der Waals surface area contributed by atoms with Crippen LogP contribution in [0.2, 0.25) is 0 Å². The molecule has 1 aromatic carbocycles. The minimum atomic E-state index is -4.27. The Kier molecular flexibility index (Phi) is 9.73. The highest BCUT2D eigenvalue weighted by molar-refractivity contribution is 5.92. The first-order chi connectivity index (χ1) is 15.4. The number of carbonyl (C=O) groups is 1. The molecule has 2 aliphatic rings. The molecule has 0 radical (unpaired) electrons. The van der Waals surface area contributed by atoms with Gasteiger partial charge in [-0.2, -0.15) is 13.2 Å². The maximum absolute atomic E-state index is 12.4. The van der Waals surface area contributed by atoms with Crippen LogP contribution in [0.1, 0.15) is 12.0 Å². The van der Waals surface area contributed by atoms with Crippen molar-refractivity contribution >= 4 is 11.6 Å². The van der Waals surface area contributed by atoms with Crippen molar-refractivity contribution in [3.05, 3.63) is 29.8 Å². The number of hydrogen-bond acceptors (Lipinski definition) is 6. The average molecular weight is 459 g/mol. The number of nitrogens with zero attached hydrogens (tertiary/aromatic N) is 3. The lowest BCUT2D eigenvalue weighted by molar-refractivity contribution is -0.174. The second kappa shape index (κ2) is 12.5. The van der Waals surface area contributed by atoms with Crippen LogP contribution in [0.25, 0.3) is 0 Å². The number of anilines is 1. The molecule has 0 saturated carbocycles. The summed E-state index contributed by atoms with van der Waals surface area (Å²) < 4.78 is 46.2. The fraction of sp³-hybridized carbons (Fsp3) is 0.682. The third-order valence-electron chi connectivity index (χ3n) is 5.61. The van der Waals surface area contributed by atoms with Crippen molar-refractivity contribution in [3.63, 3.8) is 0 Å². The topological polar surface area (TPSA) is 57.3 Å². The number of rotatable bonds is 10. The number of carbonyl (C=O) groups excluding carboxylic acids is 1. The smallest absolute Gasteiger partial charge is 0.379 e. The Balaban J connectivity index is 1.28. The summed E-state index contributed by atoms with van der Waals surface area (Å²) >= 11 is 0. The van der Waals surface area contributed by atoms with Crippen LogP contribution in [0, 0.1) is 0 Å². The van der Waals surface area contributed by atoms with E-state index in [9.17, 15) is 18.0 Å². The summed E-state index contributed by atoms with van der Waals surface area (Å²) in [5, 5.41) is 2.96. The van der Waals surface area contributed by atoms with Gasteiger partial charge < -0.3 is 19.7 Å².